The second-order valence-corrected chi connectivity index (χ2v) is 7.12. The average molecular weight is 388 g/mol. The van der Waals surface area contributed by atoms with Gasteiger partial charge < -0.3 is 4.42 Å². The number of rotatable bonds is 4. The molecule has 4 rings (SSSR count). The van der Waals surface area contributed by atoms with Gasteiger partial charge in [0.25, 0.3) is 11.8 Å². The lowest BCUT2D eigenvalue weighted by Crippen LogP contribution is -2.45. The third-order valence-electron chi connectivity index (χ3n) is 4.92. The van der Waals surface area contributed by atoms with Crippen molar-refractivity contribution in [2.24, 2.45) is 0 Å². The van der Waals surface area contributed by atoms with Gasteiger partial charge in [-0.3, -0.25) is 19.3 Å². The van der Waals surface area contributed by atoms with Crippen molar-refractivity contribution in [3.8, 4) is 0 Å². The molecule has 0 unspecified atom stereocenters. The number of hydrogen-bond donors (Lipinski definition) is 0. The second-order valence-electron chi connectivity index (χ2n) is 7.12. The first-order valence-electron chi connectivity index (χ1n) is 9.33. The van der Waals surface area contributed by atoms with Crippen molar-refractivity contribution in [1.82, 2.24) is 0 Å². The van der Waals surface area contributed by atoms with E-state index in [4.69, 9.17) is 4.42 Å². The normalized spacial score (nSPS) is 16.3. The summed E-state index contributed by atoms with van der Waals surface area (Å²) in [6.07, 6.45) is 1.31. The highest BCUT2D eigenvalue weighted by Gasteiger charge is 2.45. The van der Waals surface area contributed by atoms with E-state index in [1.807, 2.05) is 38.1 Å². The van der Waals surface area contributed by atoms with Gasteiger partial charge in [0.05, 0.1) is 18.4 Å². The molecule has 0 bridgehead atoms. The smallest absolute Gasteiger partial charge is 0.294 e. The molecule has 0 spiro atoms. The Morgan fingerprint density at radius 1 is 1.00 bits per heavy atom. The van der Waals surface area contributed by atoms with Crippen LogP contribution in [0.2, 0.25) is 0 Å². The molecule has 2 aromatic carbocycles. The molecule has 1 aliphatic heterocycles. The molecule has 3 amide bonds. The van der Waals surface area contributed by atoms with E-state index in [1.165, 1.54) is 11.2 Å². The van der Waals surface area contributed by atoms with Crippen LogP contribution in [0.4, 0.5) is 11.4 Å². The van der Waals surface area contributed by atoms with Crippen molar-refractivity contribution >= 4 is 29.1 Å². The molecule has 6 nitrogen and oxygen atoms in total. The summed E-state index contributed by atoms with van der Waals surface area (Å²) in [5, 5.41) is 0. The number of benzene rings is 2. The number of hydrogen-bond acceptors (Lipinski definition) is 4. The predicted octanol–water partition coefficient (Wildman–Crippen LogP) is 3.88. The molecule has 29 heavy (non-hydrogen) atoms. The molecule has 2 heterocycles. The third-order valence-corrected chi connectivity index (χ3v) is 4.92. The number of aryl methyl sites for hydroxylation is 2. The van der Waals surface area contributed by atoms with E-state index in [1.54, 1.807) is 36.4 Å². The molecular weight excluding hydrogens is 368 g/mol. The van der Waals surface area contributed by atoms with Crippen molar-refractivity contribution in [2.75, 3.05) is 9.80 Å². The quantitative estimate of drug-likeness (QED) is 0.636. The van der Waals surface area contributed by atoms with E-state index in [0.717, 1.165) is 16.0 Å². The van der Waals surface area contributed by atoms with Crippen LogP contribution in [0.1, 0.15) is 28.1 Å². The molecule has 0 radical (unpaired) electrons. The average Bonchev–Trinajstić information content (AvgIpc) is 3.31. The largest absolute Gasteiger partial charge is 0.459 e. The fourth-order valence-corrected chi connectivity index (χ4v) is 3.59. The van der Waals surface area contributed by atoms with Crippen LogP contribution in [0.5, 0.6) is 0 Å². The maximum absolute atomic E-state index is 13.3. The Kier molecular flexibility index (Phi) is 4.76. The molecule has 1 aromatic heterocycles. The van der Waals surface area contributed by atoms with Crippen LogP contribution in [0, 0.1) is 13.8 Å². The zero-order valence-electron chi connectivity index (χ0n) is 16.2. The van der Waals surface area contributed by atoms with Gasteiger partial charge in [0.15, 0.2) is 5.76 Å². The summed E-state index contributed by atoms with van der Waals surface area (Å²) in [7, 11) is 0. The maximum atomic E-state index is 13.3. The summed E-state index contributed by atoms with van der Waals surface area (Å²) < 4.78 is 5.28. The van der Waals surface area contributed by atoms with Gasteiger partial charge >= 0.3 is 0 Å². The first-order chi connectivity index (χ1) is 14.0. The Bertz CT molecular complexity index is 1090. The molecule has 146 valence electrons. The van der Waals surface area contributed by atoms with Crippen LogP contribution in [-0.4, -0.2) is 23.8 Å². The fourth-order valence-electron chi connectivity index (χ4n) is 3.59. The summed E-state index contributed by atoms with van der Waals surface area (Å²) in [4.78, 5) is 41.8. The van der Waals surface area contributed by atoms with Gasteiger partial charge in [0.2, 0.25) is 5.91 Å². The highest BCUT2D eigenvalue weighted by atomic mass is 16.3. The first-order valence-corrected chi connectivity index (χ1v) is 9.33. The highest BCUT2D eigenvalue weighted by molar-refractivity contribution is 6.25. The number of nitrogens with zero attached hydrogens (tertiary/aromatic N) is 2. The Morgan fingerprint density at radius 3 is 2.38 bits per heavy atom. The molecule has 6 heteroatoms. The monoisotopic (exact) mass is 388 g/mol. The molecule has 0 aliphatic carbocycles. The van der Waals surface area contributed by atoms with E-state index < -0.39 is 17.9 Å². The number of amides is 3. The third kappa shape index (κ3) is 3.45. The van der Waals surface area contributed by atoms with Crippen molar-refractivity contribution in [1.29, 1.82) is 0 Å². The lowest BCUT2D eigenvalue weighted by atomic mass is 10.1. The summed E-state index contributed by atoms with van der Waals surface area (Å²) in [5.74, 6) is -1.11. The molecular formula is C23H20N2O4. The molecule has 1 atom stereocenters. The Labute approximate surface area is 168 Å². The minimum Gasteiger partial charge on any atom is -0.459 e. The standard InChI is InChI=1S/C23H20N2O4/c1-15-6-3-8-17(12-15)24(23(28)20-10-5-11-29-20)19-14-21(26)25(22(19)27)18-9-4-7-16(2)13-18/h3-13,19H,14H2,1-2H3/t19-/m0/s1. The lowest BCUT2D eigenvalue weighted by molar-refractivity contribution is -0.121. The zero-order chi connectivity index (χ0) is 20.5. The predicted molar refractivity (Wildman–Crippen MR) is 109 cm³/mol. The number of carbonyl (C=O) groups is 3. The van der Waals surface area contributed by atoms with Gasteiger partial charge in [-0.25, -0.2) is 4.90 Å². The van der Waals surface area contributed by atoms with E-state index in [9.17, 15) is 14.4 Å². The second kappa shape index (κ2) is 7.39. The lowest BCUT2D eigenvalue weighted by Gasteiger charge is -2.27. The van der Waals surface area contributed by atoms with Gasteiger partial charge in [-0.1, -0.05) is 24.3 Å². The molecule has 0 N–H and O–H groups in total. The Morgan fingerprint density at radius 2 is 1.72 bits per heavy atom. The van der Waals surface area contributed by atoms with Crippen molar-refractivity contribution in [2.45, 2.75) is 26.3 Å². The summed E-state index contributed by atoms with van der Waals surface area (Å²) in [5.41, 5.74) is 2.93. The molecule has 1 aliphatic rings. The molecule has 1 fully saturated rings. The minimum atomic E-state index is -0.942. The highest BCUT2D eigenvalue weighted by Crippen LogP contribution is 2.31. The van der Waals surface area contributed by atoms with Gasteiger partial charge in [-0.15, -0.1) is 0 Å². The van der Waals surface area contributed by atoms with E-state index in [-0.39, 0.29) is 18.1 Å². The van der Waals surface area contributed by atoms with Gasteiger partial charge in [0, 0.05) is 5.69 Å². The molecule has 0 saturated carbocycles. The molecule has 1 saturated heterocycles. The van der Waals surface area contributed by atoms with Crippen LogP contribution in [0.3, 0.4) is 0 Å². The summed E-state index contributed by atoms with van der Waals surface area (Å²) >= 11 is 0. The van der Waals surface area contributed by atoms with Crippen molar-refractivity contribution in [3.05, 3.63) is 83.8 Å². The Hall–Kier alpha value is -3.67. The van der Waals surface area contributed by atoms with E-state index in [2.05, 4.69) is 0 Å². The van der Waals surface area contributed by atoms with Gasteiger partial charge in [-0.05, 0) is 61.4 Å². The Balaban J connectivity index is 1.76. The first kappa shape index (κ1) is 18.7. The minimum absolute atomic E-state index is 0.0901. The topological polar surface area (TPSA) is 70.8 Å². The zero-order valence-corrected chi connectivity index (χ0v) is 16.2. The van der Waals surface area contributed by atoms with Crippen LogP contribution >= 0.6 is 0 Å². The van der Waals surface area contributed by atoms with E-state index >= 15 is 0 Å². The van der Waals surface area contributed by atoms with Crippen LogP contribution < -0.4 is 9.80 Å². The van der Waals surface area contributed by atoms with Gasteiger partial charge in [0.1, 0.15) is 6.04 Å². The molecule has 3 aromatic rings. The van der Waals surface area contributed by atoms with Crippen LogP contribution in [0.25, 0.3) is 0 Å². The number of imide groups is 1. The number of anilines is 2. The summed E-state index contributed by atoms with van der Waals surface area (Å²) in [6.45, 7) is 3.80. The number of carbonyl (C=O) groups excluding carboxylic acids is 3. The van der Waals surface area contributed by atoms with Crippen molar-refractivity contribution in [3.63, 3.8) is 0 Å². The van der Waals surface area contributed by atoms with Gasteiger partial charge in [-0.2, -0.15) is 0 Å². The van der Waals surface area contributed by atoms with Crippen molar-refractivity contribution < 1.29 is 18.8 Å². The number of furan rings is 1. The van der Waals surface area contributed by atoms with Crippen LogP contribution in [-0.2, 0) is 9.59 Å². The maximum Gasteiger partial charge on any atom is 0.294 e. The SMILES string of the molecule is Cc1cccc(N2C(=O)C[C@H](N(C(=O)c3ccco3)c3cccc(C)c3)C2=O)c1. The van der Waals surface area contributed by atoms with Crippen LogP contribution in [0.15, 0.2) is 71.3 Å². The summed E-state index contributed by atoms with van der Waals surface area (Å²) in [6, 6.07) is 16.7. The van der Waals surface area contributed by atoms with E-state index in [0.29, 0.717) is 11.4 Å². The fraction of sp³-hybridized carbons (Fsp3) is 0.174.